The molecule has 4 heteroatoms. The van der Waals surface area contributed by atoms with Gasteiger partial charge in [-0.1, -0.05) is 0 Å². The van der Waals surface area contributed by atoms with Gasteiger partial charge in [-0.05, 0) is 43.0 Å². The molecule has 0 radical (unpaired) electrons. The quantitative estimate of drug-likeness (QED) is 0.863. The molecule has 1 fully saturated rings. The summed E-state index contributed by atoms with van der Waals surface area (Å²) in [7, 11) is 0. The van der Waals surface area contributed by atoms with E-state index in [9.17, 15) is 13.9 Å². The first-order valence-corrected chi connectivity index (χ1v) is 5.83. The molecule has 1 heterocycles. The Labute approximate surface area is 99.2 Å². The lowest BCUT2D eigenvalue weighted by atomic mass is 9.87. The summed E-state index contributed by atoms with van der Waals surface area (Å²) in [4.78, 5) is 0. The summed E-state index contributed by atoms with van der Waals surface area (Å²) >= 11 is 0. The van der Waals surface area contributed by atoms with Gasteiger partial charge in [0.15, 0.2) is 0 Å². The monoisotopic (exact) mass is 242 g/mol. The van der Waals surface area contributed by atoms with Crippen LogP contribution in [0.1, 0.15) is 24.8 Å². The van der Waals surface area contributed by atoms with Gasteiger partial charge in [-0.25, -0.2) is 8.78 Å². The van der Waals surface area contributed by atoms with Gasteiger partial charge in [0.2, 0.25) is 0 Å². The zero-order valence-electron chi connectivity index (χ0n) is 9.59. The Morgan fingerprint density at radius 3 is 2.88 bits per heavy atom. The van der Waals surface area contributed by atoms with E-state index in [1.54, 1.807) is 0 Å². The van der Waals surface area contributed by atoms with Crippen molar-refractivity contribution in [3.05, 3.63) is 35.4 Å². The van der Waals surface area contributed by atoms with Crippen LogP contribution in [0.25, 0.3) is 0 Å². The van der Waals surface area contributed by atoms with Crippen LogP contribution in [0.2, 0.25) is 0 Å². The summed E-state index contributed by atoms with van der Waals surface area (Å²) in [5.74, 6) is -0.945. The lowest BCUT2D eigenvalue weighted by molar-refractivity contribution is 0.0181. The third-order valence-electron chi connectivity index (χ3n) is 3.17. The molecule has 1 saturated heterocycles. The van der Waals surface area contributed by atoms with E-state index >= 15 is 0 Å². The van der Waals surface area contributed by atoms with Crippen LogP contribution < -0.4 is 0 Å². The lowest BCUT2D eigenvalue weighted by Crippen LogP contribution is -2.32. The highest BCUT2D eigenvalue weighted by molar-refractivity contribution is 5.20. The number of ether oxygens (including phenoxy) is 1. The van der Waals surface area contributed by atoms with Gasteiger partial charge in [0, 0.05) is 19.6 Å². The van der Waals surface area contributed by atoms with Crippen molar-refractivity contribution in [1.29, 1.82) is 0 Å². The summed E-state index contributed by atoms with van der Waals surface area (Å²) in [6, 6.07) is 3.33. The molecule has 1 atom stereocenters. The van der Waals surface area contributed by atoms with Gasteiger partial charge in [-0.15, -0.1) is 0 Å². The van der Waals surface area contributed by atoms with E-state index < -0.39 is 17.2 Å². The molecular formula is C13H16F2O2. The van der Waals surface area contributed by atoms with Crippen molar-refractivity contribution in [3.63, 3.8) is 0 Å². The third-order valence-corrected chi connectivity index (χ3v) is 3.17. The minimum Gasteiger partial charge on any atom is -0.389 e. The molecule has 17 heavy (non-hydrogen) atoms. The maximum atomic E-state index is 13.5. The van der Waals surface area contributed by atoms with E-state index in [1.165, 1.54) is 0 Å². The molecule has 94 valence electrons. The van der Waals surface area contributed by atoms with Crippen molar-refractivity contribution in [2.24, 2.45) is 0 Å². The van der Waals surface area contributed by atoms with E-state index in [1.807, 2.05) is 0 Å². The molecule has 0 spiro atoms. The second-order valence-electron chi connectivity index (χ2n) is 4.60. The van der Waals surface area contributed by atoms with Crippen molar-refractivity contribution in [3.8, 4) is 0 Å². The fourth-order valence-electron chi connectivity index (χ4n) is 2.20. The predicted molar refractivity (Wildman–Crippen MR) is 59.7 cm³/mol. The molecule has 1 aliphatic heterocycles. The fourth-order valence-corrected chi connectivity index (χ4v) is 2.20. The number of benzene rings is 1. The highest BCUT2D eigenvalue weighted by atomic mass is 19.1. The molecule has 1 aromatic rings. The van der Waals surface area contributed by atoms with Crippen LogP contribution in [-0.2, 0) is 11.2 Å². The van der Waals surface area contributed by atoms with Crippen molar-refractivity contribution < 1.29 is 18.6 Å². The molecule has 0 amide bonds. The number of hydrogen-bond donors (Lipinski definition) is 1. The van der Waals surface area contributed by atoms with Gasteiger partial charge in [-0.3, -0.25) is 0 Å². The minimum atomic E-state index is -0.981. The molecule has 1 aromatic carbocycles. The van der Waals surface area contributed by atoms with Gasteiger partial charge in [0.1, 0.15) is 11.6 Å². The van der Waals surface area contributed by atoms with Gasteiger partial charge in [0.25, 0.3) is 0 Å². The molecular weight excluding hydrogens is 226 g/mol. The summed E-state index contributed by atoms with van der Waals surface area (Å²) in [6.07, 6.45) is 1.90. The average Bonchev–Trinajstić information content (AvgIpc) is 2.49. The number of aliphatic hydroxyl groups is 1. The standard InChI is InChI=1S/C13H16F2O2/c14-11-2-3-12(15)10(8-11)9-13(16)4-1-6-17-7-5-13/h2-3,8,16H,1,4-7,9H2. The SMILES string of the molecule is OC1(Cc2cc(F)ccc2F)CCCOCC1. The largest absolute Gasteiger partial charge is 0.389 e. The van der Waals surface area contributed by atoms with Gasteiger partial charge in [0.05, 0.1) is 5.60 Å². The molecule has 0 bridgehead atoms. The molecule has 2 rings (SSSR count). The van der Waals surface area contributed by atoms with Crippen LogP contribution in [0.3, 0.4) is 0 Å². The zero-order valence-corrected chi connectivity index (χ0v) is 9.59. The Balaban J connectivity index is 2.15. The summed E-state index contributed by atoms with van der Waals surface area (Å²) in [6.45, 7) is 1.08. The van der Waals surface area contributed by atoms with Crippen LogP contribution >= 0.6 is 0 Å². The van der Waals surface area contributed by atoms with Gasteiger partial charge >= 0.3 is 0 Å². The maximum absolute atomic E-state index is 13.5. The Kier molecular flexibility index (Phi) is 3.74. The Morgan fingerprint density at radius 2 is 2.06 bits per heavy atom. The maximum Gasteiger partial charge on any atom is 0.126 e. The van der Waals surface area contributed by atoms with Crippen molar-refractivity contribution in [2.45, 2.75) is 31.3 Å². The predicted octanol–water partition coefficient (Wildman–Crippen LogP) is 2.44. The average molecular weight is 242 g/mol. The summed E-state index contributed by atoms with van der Waals surface area (Å²) in [5, 5.41) is 10.4. The molecule has 0 aromatic heterocycles. The van der Waals surface area contributed by atoms with E-state index in [0.29, 0.717) is 26.1 Å². The highest BCUT2D eigenvalue weighted by Crippen LogP contribution is 2.26. The first kappa shape index (κ1) is 12.5. The van der Waals surface area contributed by atoms with Gasteiger partial charge in [-0.2, -0.15) is 0 Å². The molecule has 1 unspecified atom stereocenters. The van der Waals surface area contributed by atoms with E-state index in [0.717, 1.165) is 24.6 Å². The van der Waals surface area contributed by atoms with Crippen LogP contribution in [0.5, 0.6) is 0 Å². The van der Waals surface area contributed by atoms with E-state index in [2.05, 4.69) is 0 Å². The Hall–Kier alpha value is -1.00. The van der Waals surface area contributed by atoms with E-state index in [-0.39, 0.29) is 12.0 Å². The van der Waals surface area contributed by atoms with Crippen LogP contribution in [0.4, 0.5) is 8.78 Å². The second kappa shape index (κ2) is 5.10. The van der Waals surface area contributed by atoms with E-state index in [4.69, 9.17) is 4.74 Å². The molecule has 0 saturated carbocycles. The van der Waals surface area contributed by atoms with Crippen LogP contribution in [0.15, 0.2) is 18.2 Å². The molecule has 2 nitrogen and oxygen atoms in total. The smallest absolute Gasteiger partial charge is 0.126 e. The first-order valence-electron chi connectivity index (χ1n) is 5.83. The topological polar surface area (TPSA) is 29.5 Å². The Morgan fingerprint density at radius 1 is 1.24 bits per heavy atom. The fraction of sp³-hybridized carbons (Fsp3) is 0.538. The van der Waals surface area contributed by atoms with Crippen molar-refractivity contribution in [1.82, 2.24) is 0 Å². The van der Waals surface area contributed by atoms with Crippen molar-refractivity contribution >= 4 is 0 Å². The lowest BCUT2D eigenvalue weighted by Gasteiger charge is -2.26. The summed E-state index contributed by atoms with van der Waals surface area (Å²) < 4.78 is 31.8. The molecule has 1 N–H and O–H groups in total. The second-order valence-corrected chi connectivity index (χ2v) is 4.60. The third kappa shape index (κ3) is 3.23. The molecule has 1 aliphatic rings. The minimum absolute atomic E-state index is 0.139. The normalized spacial score (nSPS) is 25.6. The summed E-state index contributed by atoms with van der Waals surface area (Å²) in [5.41, 5.74) is -0.750. The number of rotatable bonds is 2. The van der Waals surface area contributed by atoms with Crippen LogP contribution in [-0.4, -0.2) is 23.9 Å². The van der Waals surface area contributed by atoms with Gasteiger partial charge < -0.3 is 9.84 Å². The number of hydrogen-bond acceptors (Lipinski definition) is 2. The highest BCUT2D eigenvalue weighted by Gasteiger charge is 2.29. The van der Waals surface area contributed by atoms with Crippen LogP contribution in [0, 0.1) is 11.6 Å². The van der Waals surface area contributed by atoms with Crippen molar-refractivity contribution in [2.75, 3.05) is 13.2 Å². The zero-order chi connectivity index (χ0) is 12.3. The first-order chi connectivity index (χ1) is 8.09. The Bertz CT molecular complexity index is 385. The number of halogens is 2. The molecule has 0 aliphatic carbocycles.